The molecular weight excluding hydrogens is 387 g/mol. The molecule has 2 unspecified atom stereocenters. The summed E-state index contributed by atoms with van der Waals surface area (Å²) in [4.78, 5) is 15.9. The molecule has 0 bridgehead atoms. The van der Waals surface area contributed by atoms with Crippen LogP contribution < -0.4 is 15.9 Å². The van der Waals surface area contributed by atoms with Crippen LogP contribution in [-0.2, 0) is 18.3 Å². The van der Waals surface area contributed by atoms with Crippen molar-refractivity contribution in [2.75, 3.05) is 12.3 Å². The van der Waals surface area contributed by atoms with Crippen LogP contribution >= 0.6 is 7.82 Å². The van der Waals surface area contributed by atoms with Gasteiger partial charge in [-0.2, -0.15) is 10.2 Å². The van der Waals surface area contributed by atoms with Gasteiger partial charge in [-0.15, -0.1) is 0 Å². The molecule has 146 valence electrons. The fourth-order valence-electron chi connectivity index (χ4n) is 3.28. The predicted octanol–water partition coefficient (Wildman–Crippen LogP) is 1.86. The van der Waals surface area contributed by atoms with E-state index in [1.165, 1.54) is 12.3 Å². The summed E-state index contributed by atoms with van der Waals surface area (Å²) in [6, 6.07) is 12.0. The number of para-hydroxylation sites is 1. The van der Waals surface area contributed by atoms with Crippen LogP contribution in [0.3, 0.4) is 0 Å². The van der Waals surface area contributed by atoms with E-state index in [-0.39, 0.29) is 12.4 Å². The van der Waals surface area contributed by atoms with Gasteiger partial charge in [-0.05, 0) is 25.1 Å². The first-order valence-electron chi connectivity index (χ1n) is 8.44. The van der Waals surface area contributed by atoms with Crippen molar-refractivity contribution in [1.82, 2.24) is 9.55 Å². The van der Waals surface area contributed by atoms with Crippen LogP contribution in [-0.4, -0.2) is 28.4 Å². The average Bonchev–Trinajstić information content (AvgIpc) is 2.95. The number of anilines is 1. The normalized spacial score (nSPS) is 34.4. The molecule has 2 saturated heterocycles. The molecule has 5 atom stereocenters. The van der Waals surface area contributed by atoms with E-state index < -0.39 is 37.4 Å². The minimum absolute atomic E-state index is 0.0515. The van der Waals surface area contributed by atoms with Gasteiger partial charge in [-0.3, -0.25) is 13.6 Å². The molecule has 28 heavy (non-hydrogen) atoms. The highest BCUT2D eigenvalue weighted by Crippen LogP contribution is 2.60. The summed E-state index contributed by atoms with van der Waals surface area (Å²) in [6.45, 7) is 1.43. The molecule has 11 heteroatoms. The summed E-state index contributed by atoms with van der Waals surface area (Å²) in [6.07, 6.45) is -1.31. The number of aromatic nitrogens is 2. The molecule has 2 fully saturated rings. The largest absolute Gasteiger partial charge is 0.530 e. The molecular formula is C17H17N4O6P. The lowest BCUT2D eigenvalue weighted by Gasteiger charge is -2.34. The number of hydrogen-bond donors (Lipinski definition) is 1. The number of nitrogens with zero attached hydrogens (tertiary/aromatic N) is 3. The van der Waals surface area contributed by atoms with E-state index in [9.17, 15) is 14.6 Å². The molecule has 4 rings (SSSR count). The fraction of sp³-hybridized carbons (Fsp3) is 0.353. The molecule has 0 aliphatic carbocycles. The van der Waals surface area contributed by atoms with E-state index in [4.69, 9.17) is 24.0 Å². The van der Waals surface area contributed by atoms with Crippen molar-refractivity contribution in [3.8, 4) is 11.8 Å². The Bertz CT molecular complexity index is 1040. The third-order valence-corrected chi connectivity index (χ3v) is 6.08. The smallest absolute Gasteiger partial charge is 0.404 e. The van der Waals surface area contributed by atoms with Gasteiger partial charge in [0.05, 0.1) is 12.7 Å². The number of rotatable bonds is 3. The van der Waals surface area contributed by atoms with Gasteiger partial charge in [0.1, 0.15) is 29.2 Å². The molecule has 2 aliphatic heterocycles. The molecule has 3 heterocycles. The van der Waals surface area contributed by atoms with Crippen LogP contribution in [0, 0.1) is 16.7 Å². The SMILES string of the molecule is C[C@]1(C#N)C(n2ccc(N)nc2=O)O[C@@H]2COP(=O)(Oc3ccccc3)O[C@H]21. The molecule has 2 N–H and O–H groups in total. The number of phosphoric ester groups is 1. The van der Waals surface area contributed by atoms with Gasteiger partial charge >= 0.3 is 13.5 Å². The number of ether oxygens (including phenoxy) is 1. The van der Waals surface area contributed by atoms with Crippen molar-refractivity contribution in [1.29, 1.82) is 5.26 Å². The maximum absolute atomic E-state index is 13.0. The summed E-state index contributed by atoms with van der Waals surface area (Å²) in [5, 5.41) is 9.86. The van der Waals surface area contributed by atoms with E-state index in [1.54, 1.807) is 37.3 Å². The van der Waals surface area contributed by atoms with Crippen molar-refractivity contribution in [2.45, 2.75) is 25.4 Å². The number of nitrogen functional groups attached to an aromatic ring is 1. The topological polar surface area (TPSA) is 139 Å². The Kier molecular flexibility index (Phi) is 4.48. The quantitative estimate of drug-likeness (QED) is 0.759. The van der Waals surface area contributed by atoms with E-state index >= 15 is 0 Å². The Morgan fingerprint density at radius 1 is 1.39 bits per heavy atom. The average molecular weight is 404 g/mol. The fourth-order valence-corrected chi connectivity index (χ4v) is 4.78. The minimum Gasteiger partial charge on any atom is -0.404 e. The zero-order valence-corrected chi connectivity index (χ0v) is 15.7. The summed E-state index contributed by atoms with van der Waals surface area (Å²) < 4.78 is 36.3. The van der Waals surface area contributed by atoms with E-state index in [2.05, 4.69) is 11.1 Å². The second-order valence-electron chi connectivity index (χ2n) is 6.64. The first-order chi connectivity index (χ1) is 13.3. The van der Waals surface area contributed by atoms with Crippen LogP contribution in [0.15, 0.2) is 47.4 Å². The Hall–Kier alpha value is -2.70. The first-order valence-corrected chi connectivity index (χ1v) is 9.90. The Morgan fingerprint density at radius 2 is 2.14 bits per heavy atom. The highest BCUT2D eigenvalue weighted by atomic mass is 31.2. The number of hydrogen-bond acceptors (Lipinski definition) is 9. The lowest BCUT2D eigenvalue weighted by molar-refractivity contribution is -0.0670. The van der Waals surface area contributed by atoms with Crippen LogP contribution in [0.25, 0.3) is 0 Å². The lowest BCUT2D eigenvalue weighted by Crippen LogP contribution is -2.43. The van der Waals surface area contributed by atoms with Gasteiger partial charge in [0.15, 0.2) is 6.23 Å². The molecule has 0 spiro atoms. The second-order valence-corrected chi connectivity index (χ2v) is 8.18. The van der Waals surface area contributed by atoms with E-state index in [0.29, 0.717) is 5.75 Å². The lowest BCUT2D eigenvalue weighted by atomic mass is 9.84. The Labute approximate surface area is 160 Å². The standard InChI is InChI=1S/C17H17N4O6P/c1-17(10-18)14-12(25-15(17)21-8-7-13(19)20-16(21)22)9-24-28(23,27-14)26-11-5-3-2-4-6-11/h2-8,12,14-15H,9H2,1H3,(H2,19,20,22)/t12-,14-,15?,17-,28?/m1/s1. The second kappa shape index (κ2) is 6.72. The first kappa shape index (κ1) is 18.7. The summed E-state index contributed by atoms with van der Waals surface area (Å²) in [7, 11) is -3.99. The van der Waals surface area contributed by atoms with Crippen LogP contribution in [0.2, 0.25) is 0 Å². The molecule has 0 saturated carbocycles. The van der Waals surface area contributed by atoms with Crippen molar-refractivity contribution >= 4 is 13.6 Å². The molecule has 1 aromatic heterocycles. The molecule has 2 aliphatic rings. The van der Waals surface area contributed by atoms with Gasteiger partial charge in [-0.1, -0.05) is 18.2 Å². The van der Waals surface area contributed by atoms with Crippen LogP contribution in [0.1, 0.15) is 13.2 Å². The van der Waals surface area contributed by atoms with Gasteiger partial charge < -0.3 is 15.0 Å². The van der Waals surface area contributed by atoms with E-state index in [0.717, 1.165) is 4.57 Å². The maximum Gasteiger partial charge on any atom is 0.530 e. The maximum atomic E-state index is 13.0. The van der Waals surface area contributed by atoms with Crippen molar-refractivity contribution in [2.24, 2.45) is 5.41 Å². The highest BCUT2D eigenvalue weighted by molar-refractivity contribution is 7.49. The third-order valence-electron chi connectivity index (χ3n) is 4.69. The molecule has 0 radical (unpaired) electrons. The Morgan fingerprint density at radius 3 is 2.82 bits per heavy atom. The summed E-state index contributed by atoms with van der Waals surface area (Å²) in [5.41, 5.74) is 3.50. The van der Waals surface area contributed by atoms with E-state index in [1.807, 2.05) is 0 Å². The van der Waals surface area contributed by atoms with Crippen molar-refractivity contribution in [3.05, 3.63) is 53.1 Å². The number of nitriles is 1. The summed E-state index contributed by atoms with van der Waals surface area (Å²) in [5.74, 6) is 0.355. The summed E-state index contributed by atoms with van der Waals surface area (Å²) >= 11 is 0. The van der Waals surface area contributed by atoms with Crippen molar-refractivity contribution < 1.29 is 22.9 Å². The predicted molar refractivity (Wildman–Crippen MR) is 96.0 cm³/mol. The number of fused-ring (bicyclic) bond motifs is 1. The molecule has 2 aromatic rings. The zero-order chi connectivity index (χ0) is 19.9. The molecule has 10 nitrogen and oxygen atoms in total. The number of phosphoric acid groups is 1. The monoisotopic (exact) mass is 404 g/mol. The van der Waals surface area contributed by atoms with Gasteiger partial charge in [0, 0.05) is 6.20 Å². The molecule has 0 amide bonds. The van der Waals surface area contributed by atoms with Gasteiger partial charge in [0.2, 0.25) is 0 Å². The minimum atomic E-state index is -3.99. The zero-order valence-electron chi connectivity index (χ0n) is 14.8. The Balaban J connectivity index is 1.65. The number of nitrogens with two attached hydrogens (primary N) is 1. The van der Waals surface area contributed by atoms with Crippen molar-refractivity contribution in [3.63, 3.8) is 0 Å². The highest BCUT2D eigenvalue weighted by Gasteiger charge is 2.61. The third kappa shape index (κ3) is 3.08. The van der Waals surface area contributed by atoms with Gasteiger partial charge in [0.25, 0.3) is 0 Å². The van der Waals surface area contributed by atoms with Crippen LogP contribution in [0.4, 0.5) is 5.82 Å². The van der Waals surface area contributed by atoms with Gasteiger partial charge in [-0.25, -0.2) is 9.36 Å². The molecule has 1 aromatic carbocycles. The van der Waals surface area contributed by atoms with Crippen LogP contribution in [0.5, 0.6) is 5.75 Å². The number of benzene rings is 1.